The lowest BCUT2D eigenvalue weighted by Gasteiger charge is -2.17. The number of carbonyl (C=O) groups excluding carboxylic acids is 3. The van der Waals surface area contributed by atoms with Gasteiger partial charge >= 0.3 is 0 Å². The Bertz CT molecular complexity index is 1150. The Balaban J connectivity index is 1.26. The molecule has 0 unspecified atom stereocenters. The lowest BCUT2D eigenvalue weighted by Crippen LogP contribution is -2.38. The van der Waals surface area contributed by atoms with Crippen LogP contribution in [0, 0.1) is 5.92 Å². The molecular weight excluding hydrogens is 408 g/mol. The molecule has 32 heavy (non-hydrogen) atoms. The summed E-state index contributed by atoms with van der Waals surface area (Å²) in [6, 6.07) is 16.8. The molecule has 0 radical (unpaired) electrons. The number of anilines is 1. The van der Waals surface area contributed by atoms with Crippen LogP contribution in [0.2, 0.25) is 0 Å². The first kappa shape index (κ1) is 21.4. The monoisotopic (exact) mass is 434 g/mol. The molecule has 2 heterocycles. The fraction of sp³-hybridized carbons (Fsp3) is 0.292. The highest BCUT2D eigenvalue weighted by Gasteiger charge is 2.34. The summed E-state index contributed by atoms with van der Waals surface area (Å²) in [7, 11) is 3.44. The van der Waals surface area contributed by atoms with Crippen molar-refractivity contribution in [1.29, 1.82) is 0 Å². The predicted molar refractivity (Wildman–Crippen MR) is 122 cm³/mol. The molecule has 0 aliphatic carbocycles. The Hall–Kier alpha value is -3.81. The van der Waals surface area contributed by atoms with E-state index in [1.165, 1.54) is 0 Å². The maximum Gasteiger partial charge on any atom is 0.267 e. The van der Waals surface area contributed by atoms with Crippen molar-refractivity contribution in [1.82, 2.24) is 15.2 Å². The molecule has 166 valence electrons. The number of ether oxygens (including phenoxy) is 1. The number of aryl methyl sites for hydroxylation is 1. The quantitative estimate of drug-likeness (QED) is 0.557. The summed E-state index contributed by atoms with van der Waals surface area (Å²) in [5.41, 5.74) is 2.29. The van der Waals surface area contributed by atoms with Gasteiger partial charge in [0.05, 0.1) is 13.0 Å². The number of aromatic nitrogens is 1. The Morgan fingerprint density at radius 1 is 1.06 bits per heavy atom. The lowest BCUT2D eigenvalue weighted by atomic mass is 10.1. The van der Waals surface area contributed by atoms with Gasteiger partial charge in [0.25, 0.3) is 5.91 Å². The Morgan fingerprint density at radius 3 is 2.50 bits per heavy atom. The molecular formula is C24H26N4O4. The molecule has 0 saturated carbocycles. The number of hydrogen-bond donors (Lipinski definition) is 2. The van der Waals surface area contributed by atoms with Crippen LogP contribution in [0.3, 0.4) is 0 Å². The zero-order valence-electron chi connectivity index (χ0n) is 18.1. The second-order valence-corrected chi connectivity index (χ2v) is 7.80. The van der Waals surface area contributed by atoms with Crippen LogP contribution >= 0.6 is 0 Å². The Morgan fingerprint density at radius 2 is 1.78 bits per heavy atom. The number of para-hydroxylation sites is 1. The first-order valence-electron chi connectivity index (χ1n) is 10.5. The third-order valence-corrected chi connectivity index (χ3v) is 5.77. The molecule has 8 nitrogen and oxygen atoms in total. The van der Waals surface area contributed by atoms with Crippen molar-refractivity contribution in [3.63, 3.8) is 0 Å². The number of amides is 3. The van der Waals surface area contributed by atoms with E-state index in [0.29, 0.717) is 31.1 Å². The van der Waals surface area contributed by atoms with Gasteiger partial charge in [-0.15, -0.1) is 0 Å². The summed E-state index contributed by atoms with van der Waals surface area (Å²) in [6.45, 7) is 0.927. The molecule has 1 saturated heterocycles. The van der Waals surface area contributed by atoms with Gasteiger partial charge in [-0.2, -0.15) is 0 Å². The minimum Gasteiger partial charge on any atom is -0.497 e. The minimum atomic E-state index is -0.418. The zero-order valence-corrected chi connectivity index (χ0v) is 18.1. The molecule has 1 aromatic heterocycles. The van der Waals surface area contributed by atoms with E-state index in [1.807, 2.05) is 41.9 Å². The van der Waals surface area contributed by atoms with Gasteiger partial charge in [0.15, 0.2) is 0 Å². The fourth-order valence-corrected chi connectivity index (χ4v) is 4.00. The van der Waals surface area contributed by atoms with Gasteiger partial charge in [0, 0.05) is 49.7 Å². The number of methoxy groups -OCH3 is 1. The van der Waals surface area contributed by atoms with Gasteiger partial charge in [0.1, 0.15) is 11.4 Å². The van der Waals surface area contributed by atoms with Crippen LogP contribution in [-0.4, -0.2) is 49.0 Å². The number of carbonyl (C=O) groups is 3. The van der Waals surface area contributed by atoms with E-state index in [9.17, 15) is 14.4 Å². The van der Waals surface area contributed by atoms with Gasteiger partial charge < -0.3 is 24.8 Å². The van der Waals surface area contributed by atoms with Crippen LogP contribution in [0.4, 0.5) is 5.69 Å². The topological polar surface area (TPSA) is 92.7 Å². The standard InChI is InChI=1S/C24H26N4O4/c1-27-20-6-4-3-5-16(20)13-21(27)24(31)26-12-11-25-23(30)17-14-22(29)28(15-17)18-7-9-19(32-2)10-8-18/h3-10,13,17H,11-12,14-15H2,1-2H3,(H,25,30)(H,26,31)/t17-/m1/s1. The summed E-state index contributed by atoms with van der Waals surface area (Å²) in [4.78, 5) is 39.0. The molecule has 1 fully saturated rings. The van der Waals surface area contributed by atoms with Gasteiger partial charge in [0.2, 0.25) is 11.8 Å². The molecule has 1 atom stereocenters. The van der Waals surface area contributed by atoms with Crippen LogP contribution in [0.1, 0.15) is 16.9 Å². The van der Waals surface area contributed by atoms with Crippen molar-refractivity contribution in [2.75, 3.05) is 31.6 Å². The van der Waals surface area contributed by atoms with E-state index < -0.39 is 5.92 Å². The van der Waals surface area contributed by atoms with Crippen LogP contribution in [-0.2, 0) is 16.6 Å². The van der Waals surface area contributed by atoms with Crippen LogP contribution in [0.15, 0.2) is 54.6 Å². The van der Waals surface area contributed by atoms with E-state index in [2.05, 4.69) is 10.6 Å². The highest BCUT2D eigenvalue weighted by atomic mass is 16.5. The van der Waals surface area contributed by atoms with Crippen molar-refractivity contribution < 1.29 is 19.1 Å². The van der Waals surface area contributed by atoms with Crippen LogP contribution < -0.4 is 20.3 Å². The van der Waals surface area contributed by atoms with Gasteiger partial charge in [-0.05, 0) is 36.4 Å². The lowest BCUT2D eigenvalue weighted by molar-refractivity contribution is -0.126. The first-order chi connectivity index (χ1) is 15.5. The second-order valence-electron chi connectivity index (χ2n) is 7.80. The number of nitrogens with one attached hydrogen (secondary N) is 2. The molecule has 2 aromatic carbocycles. The van der Waals surface area contributed by atoms with Crippen molar-refractivity contribution in [3.8, 4) is 5.75 Å². The average molecular weight is 434 g/mol. The number of fused-ring (bicyclic) bond motifs is 1. The minimum absolute atomic E-state index is 0.0839. The fourth-order valence-electron chi connectivity index (χ4n) is 4.00. The average Bonchev–Trinajstić information content (AvgIpc) is 3.37. The van der Waals surface area contributed by atoms with E-state index in [-0.39, 0.29) is 24.1 Å². The van der Waals surface area contributed by atoms with E-state index in [0.717, 1.165) is 16.6 Å². The van der Waals surface area contributed by atoms with Crippen molar-refractivity contribution in [3.05, 3.63) is 60.3 Å². The van der Waals surface area contributed by atoms with Gasteiger partial charge in [-0.25, -0.2) is 0 Å². The zero-order chi connectivity index (χ0) is 22.7. The summed E-state index contributed by atoms with van der Waals surface area (Å²) >= 11 is 0. The normalized spacial score (nSPS) is 15.8. The largest absolute Gasteiger partial charge is 0.497 e. The first-order valence-corrected chi connectivity index (χ1v) is 10.5. The summed E-state index contributed by atoms with van der Waals surface area (Å²) < 4.78 is 6.99. The van der Waals surface area contributed by atoms with Crippen LogP contribution in [0.5, 0.6) is 5.75 Å². The number of hydrogen-bond acceptors (Lipinski definition) is 4. The molecule has 1 aliphatic heterocycles. The maximum absolute atomic E-state index is 12.5. The molecule has 8 heteroatoms. The summed E-state index contributed by atoms with van der Waals surface area (Å²) in [6.07, 6.45) is 0.167. The van der Waals surface area contributed by atoms with Gasteiger partial charge in [-0.3, -0.25) is 14.4 Å². The van der Waals surface area contributed by atoms with Gasteiger partial charge in [-0.1, -0.05) is 18.2 Å². The SMILES string of the molecule is COc1ccc(N2C[C@H](C(=O)NCCNC(=O)c3cc4ccccc4n3C)CC2=O)cc1. The molecule has 0 spiro atoms. The highest BCUT2D eigenvalue weighted by Crippen LogP contribution is 2.27. The van der Waals surface area contributed by atoms with Crippen LogP contribution in [0.25, 0.3) is 10.9 Å². The third kappa shape index (κ3) is 4.30. The van der Waals surface area contributed by atoms with Crippen molar-refractivity contribution in [2.24, 2.45) is 13.0 Å². The van der Waals surface area contributed by atoms with Crippen molar-refractivity contribution in [2.45, 2.75) is 6.42 Å². The van der Waals surface area contributed by atoms with E-state index >= 15 is 0 Å². The predicted octanol–water partition coefficient (Wildman–Crippen LogP) is 2.09. The second kappa shape index (κ2) is 9.13. The Kier molecular flexibility index (Phi) is 6.11. The summed E-state index contributed by atoms with van der Waals surface area (Å²) in [5, 5.41) is 6.66. The molecule has 4 rings (SSSR count). The van der Waals surface area contributed by atoms with E-state index in [1.54, 1.807) is 36.3 Å². The third-order valence-electron chi connectivity index (χ3n) is 5.77. The molecule has 1 aliphatic rings. The highest BCUT2D eigenvalue weighted by molar-refractivity contribution is 6.00. The summed E-state index contributed by atoms with van der Waals surface area (Å²) in [5.74, 6) is -0.175. The maximum atomic E-state index is 12.5. The Labute approximate surface area is 186 Å². The molecule has 2 N–H and O–H groups in total. The van der Waals surface area contributed by atoms with E-state index in [4.69, 9.17) is 4.74 Å². The smallest absolute Gasteiger partial charge is 0.267 e. The molecule has 3 amide bonds. The van der Waals surface area contributed by atoms with Crippen molar-refractivity contribution >= 4 is 34.3 Å². The molecule has 0 bridgehead atoms. The molecule has 3 aromatic rings. The number of benzene rings is 2. The number of nitrogens with zero attached hydrogens (tertiary/aromatic N) is 2. The number of rotatable bonds is 7.